The number of hydrogen-bond acceptors (Lipinski definition) is 6. The molecule has 0 aliphatic rings. The van der Waals surface area contributed by atoms with Gasteiger partial charge in [-0.2, -0.15) is 0 Å². The van der Waals surface area contributed by atoms with Crippen molar-refractivity contribution >= 4 is 140 Å². The van der Waals surface area contributed by atoms with Crippen LogP contribution in [0.5, 0.6) is 0 Å². The fourth-order valence-electron chi connectivity index (χ4n) is 0. The molecule has 0 nitrogen and oxygen atoms in total. The maximum Gasteiger partial charge on any atom is 4.00 e. The SMILES string of the molecule is CS[C-]=S.CS[C-]=S.S=[C-]S.S=[C-]S.[Sn+4]. The van der Waals surface area contributed by atoms with E-state index in [4.69, 9.17) is 0 Å². The second-order valence-corrected chi connectivity index (χ2v) is 4.37. The van der Waals surface area contributed by atoms with Crippen LogP contribution >= 0.6 is 97.7 Å². The van der Waals surface area contributed by atoms with E-state index in [0.29, 0.717) is 0 Å². The van der Waals surface area contributed by atoms with Crippen LogP contribution in [0.3, 0.4) is 0 Å². The topological polar surface area (TPSA) is 0 Å². The van der Waals surface area contributed by atoms with Crippen molar-refractivity contribution < 1.29 is 0 Å². The molecule has 0 aromatic rings. The van der Waals surface area contributed by atoms with E-state index in [1.165, 1.54) is 23.5 Å². The average Bonchev–Trinajstić information content (AvgIpc) is 2.20. The van der Waals surface area contributed by atoms with E-state index in [0.717, 1.165) is 0 Å². The summed E-state index contributed by atoms with van der Waals surface area (Å²) in [7, 11) is 0. The molecule has 0 aliphatic heterocycles. The average molecular weight is 455 g/mol. The van der Waals surface area contributed by atoms with Gasteiger partial charge in [-0.15, -0.1) is 0 Å². The van der Waals surface area contributed by atoms with Crippen molar-refractivity contribution in [2.24, 2.45) is 0 Å². The molecule has 0 amide bonds. The molecule has 0 aliphatic carbocycles. The molecular weight excluding hydrogens is 447 g/mol. The van der Waals surface area contributed by atoms with Crippen LogP contribution in [0.15, 0.2) is 0 Å². The van der Waals surface area contributed by atoms with Crippen LogP contribution in [0.4, 0.5) is 0 Å². The van der Waals surface area contributed by atoms with Gasteiger partial charge in [-0.05, 0) is 12.5 Å². The van der Waals surface area contributed by atoms with Gasteiger partial charge in [0.15, 0.2) is 0 Å². The molecule has 0 saturated heterocycles. The van der Waals surface area contributed by atoms with Crippen LogP contribution in [-0.2, 0) is 0 Å². The maximum absolute atomic E-state index is 4.27. The summed E-state index contributed by atoms with van der Waals surface area (Å²) in [6.07, 6.45) is 3.76. The minimum absolute atomic E-state index is 0. The van der Waals surface area contributed by atoms with Gasteiger partial charge in [-0.25, -0.2) is 0 Å². The van der Waals surface area contributed by atoms with Crippen LogP contribution in [0, 0.1) is 0 Å². The molecule has 15 heavy (non-hydrogen) atoms. The molecule has 0 saturated carbocycles. The third-order valence-corrected chi connectivity index (χ3v) is 1.50. The van der Waals surface area contributed by atoms with Gasteiger partial charge in [-0.3, -0.25) is 0 Å². The fraction of sp³-hybridized carbons (Fsp3) is 0.333. The molecule has 84 valence electrons. The van der Waals surface area contributed by atoms with Crippen LogP contribution in [0.25, 0.3) is 0 Å². The summed E-state index contributed by atoms with van der Waals surface area (Å²) in [5, 5.41) is 0. The number of rotatable bonds is 2. The first kappa shape index (κ1) is 30.5. The van der Waals surface area contributed by atoms with E-state index >= 15 is 0 Å². The Morgan fingerprint density at radius 2 is 0.867 bits per heavy atom. The van der Waals surface area contributed by atoms with Gasteiger partial charge in [0.2, 0.25) is 0 Å². The van der Waals surface area contributed by atoms with Crippen molar-refractivity contribution in [1.82, 2.24) is 0 Å². The Morgan fingerprint density at radius 1 is 0.800 bits per heavy atom. The fourth-order valence-corrected chi connectivity index (χ4v) is 0. The number of thioether (sulfide) groups is 2. The molecule has 0 radical (unpaired) electrons. The van der Waals surface area contributed by atoms with E-state index in [9.17, 15) is 0 Å². The van der Waals surface area contributed by atoms with Gasteiger partial charge in [-0.1, -0.05) is 0 Å². The molecule has 0 atom stereocenters. The van der Waals surface area contributed by atoms with E-state index in [-0.39, 0.29) is 23.9 Å². The summed E-state index contributed by atoms with van der Waals surface area (Å²) >= 11 is 26.1. The molecular formula is C6H8S8Sn. The number of thiocarbonyl (C=S) groups is 4. The summed E-state index contributed by atoms with van der Waals surface area (Å²) < 4.78 is 8.92. The molecule has 0 spiro atoms. The summed E-state index contributed by atoms with van der Waals surface area (Å²) in [5.41, 5.74) is 0. The van der Waals surface area contributed by atoms with Gasteiger partial charge in [0.1, 0.15) is 0 Å². The van der Waals surface area contributed by atoms with Crippen LogP contribution in [0.2, 0.25) is 0 Å². The van der Waals surface area contributed by atoms with E-state index in [1.54, 1.807) is 0 Å². The number of hydrogen-bond donors (Lipinski definition) is 2. The molecule has 0 bridgehead atoms. The van der Waals surface area contributed by atoms with Crippen molar-refractivity contribution in [2.75, 3.05) is 12.5 Å². The first-order valence-corrected chi connectivity index (χ1v) is 7.47. The van der Waals surface area contributed by atoms with Gasteiger partial charge >= 0.3 is 23.9 Å². The van der Waals surface area contributed by atoms with E-state index in [1.807, 2.05) is 21.9 Å². The quantitative estimate of drug-likeness (QED) is 0.281. The zero-order valence-electron chi connectivity index (χ0n) is 7.84. The Kier molecular flexibility index (Phi) is 111. The van der Waals surface area contributed by atoms with Gasteiger partial charge in [0.05, 0.1) is 0 Å². The standard InChI is InChI=1S/2C2H3S2.2CHS2.Sn/c2*1-4-2-3;2*2-1-3;/h2*1H3;2*(H,2,3);/q4*-1;+4. The molecule has 0 rings (SSSR count). The van der Waals surface area contributed by atoms with Crippen molar-refractivity contribution in [3.8, 4) is 0 Å². The molecule has 0 unspecified atom stereocenters. The Balaban J connectivity index is -0.0000000293. The van der Waals surface area contributed by atoms with Crippen molar-refractivity contribution in [3.63, 3.8) is 0 Å². The first-order chi connectivity index (χ1) is 6.66. The first-order valence-electron chi connectivity index (χ1n) is 2.49. The van der Waals surface area contributed by atoms with Crippen molar-refractivity contribution in [3.05, 3.63) is 0 Å². The predicted octanol–water partition coefficient (Wildman–Crippen LogP) is 3.49. The Bertz CT molecular complexity index is 104. The summed E-state index contributed by atoms with van der Waals surface area (Å²) in [6, 6.07) is 0. The smallest absolute Gasteiger partial charge is 0.364 e. The van der Waals surface area contributed by atoms with Crippen molar-refractivity contribution in [1.29, 1.82) is 0 Å². The molecule has 0 fully saturated rings. The van der Waals surface area contributed by atoms with Crippen LogP contribution in [0.1, 0.15) is 0 Å². The molecule has 0 aromatic carbocycles. The van der Waals surface area contributed by atoms with Crippen molar-refractivity contribution in [2.45, 2.75) is 0 Å². The number of thiol groups is 2. The second kappa shape index (κ2) is 54.7. The summed E-state index contributed by atoms with van der Waals surface area (Å²) in [5.74, 6) is 0. The summed E-state index contributed by atoms with van der Waals surface area (Å²) in [4.78, 5) is 0. The monoisotopic (exact) mass is 456 g/mol. The molecule has 0 aromatic heterocycles. The minimum atomic E-state index is 0. The molecule has 9 heteroatoms. The second-order valence-electron chi connectivity index (χ2n) is 0.757. The van der Waals surface area contributed by atoms with Gasteiger partial charge < -0.3 is 116 Å². The largest absolute Gasteiger partial charge is 4.00 e. The third kappa shape index (κ3) is 169. The van der Waals surface area contributed by atoms with Gasteiger partial charge in [0, 0.05) is 0 Å². The minimum Gasteiger partial charge on any atom is -0.364 e. The zero-order chi connectivity index (χ0) is 12.2. The van der Waals surface area contributed by atoms with E-state index in [2.05, 4.69) is 83.5 Å². The normalized spacial score (nSPS) is 5.07. The van der Waals surface area contributed by atoms with Crippen LogP contribution < -0.4 is 0 Å². The maximum atomic E-state index is 4.27. The van der Waals surface area contributed by atoms with Crippen LogP contribution in [-0.4, -0.2) is 55.2 Å². The Hall–Kier alpha value is 2.56. The van der Waals surface area contributed by atoms with E-state index < -0.39 is 0 Å². The Morgan fingerprint density at radius 3 is 0.867 bits per heavy atom. The third-order valence-electron chi connectivity index (χ3n) is 0.167. The molecule has 0 heterocycles. The molecule has 0 N–H and O–H groups in total. The van der Waals surface area contributed by atoms with Gasteiger partial charge in [0.25, 0.3) is 0 Å². The predicted molar refractivity (Wildman–Crippen MR) is 101 cm³/mol. The Labute approximate surface area is 151 Å². The summed E-state index contributed by atoms with van der Waals surface area (Å²) in [6.45, 7) is 0. The zero-order valence-corrected chi connectivity index (χ0v) is 17.4.